The van der Waals surface area contributed by atoms with Gasteiger partial charge in [0.25, 0.3) is 0 Å². The first-order valence-corrected chi connectivity index (χ1v) is 4.66. The van der Waals surface area contributed by atoms with Gasteiger partial charge < -0.3 is 9.84 Å². The lowest BCUT2D eigenvalue weighted by molar-refractivity contribution is -0.101. The van der Waals surface area contributed by atoms with Crippen LogP contribution in [0.3, 0.4) is 0 Å². The van der Waals surface area contributed by atoms with Gasteiger partial charge in [0, 0.05) is 6.42 Å². The molecule has 1 N–H and O–H groups in total. The van der Waals surface area contributed by atoms with Crippen molar-refractivity contribution in [1.82, 2.24) is 0 Å². The fraction of sp³-hybridized carbons (Fsp3) is 0.700. The lowest BCUT2D eigenvalue weighted by Crippen LogP contribution is -2.35. The molecule has 2 heteroatoms. The molecule has 1 aliphatic heterocycles. The molecule has 0 aliphatic carbocycles. The van der Waals surface area contributed by atoms with Crippen LogP contribution in [0.15, 0.2) is 12.2 Å². The summed E-state index contributed by atoms with van der Waals surface area (Å²) in [7, 11) is 0. The van der Waals surface area contributed by atoms with Crippen molar-refractivity contribution < 1.29 is 9.84 Å². The van der Waals surface area contributed by atoms with Crippen LogP contribution >= 0.6 is 0 Å². The molecule has 1 fully saturated rings. The van der Waals surface area contributed by atoms with Crippen LogP contribution in [0.1, 0.15) is 32.6 Å². The number of ether oxygens (including phenoxy) is 1. The number of hydrogen-bond acceptors (Lipinski definition) is 2. The maximum Gasteiger partial charge on any atom is 0.102 e. The van der Waals surface area contributed by atoms with E-state index in [1.165, 1.54) is 19.3 Å². The highest BCUT2D eigenvalue weighted by Crippen LogP contribution is 2.25. The van der Waals surface area contributed by atoms with Crippen LogP contribution in [0.5, 0.6) is 0 Å². The van der Waals surface area contributed by atoms with Crippen molar-refractivity contribution in [2.75, 3.05) is 0 Å². The zero-order chi connectivity index (χ0) is 8.81. The Morgan fingerprint density at radius 2 is 2.33 bits per heavy atom. The van der Waals surface area contributed by atoms with Gasteiger partial charge in [-0.3, -0.25) is 0 Å². The zero-order valence-electron chi connectivity index (χ0n) is 7.57. The Hall–Kier alpha value is -0.340. The van der Waals surface area contributed by atoms with Crippen molar-refractivity contribution in [1.29, 1.82) is 0 Å². The van der Waals surface area contributed by atoms with Crippen LogP contribution in [0, 0.1) is 6.61 Å². The summed E-state index contributed by atoms with van der Waals surface area (Å²) in [5.74, 6) is 0. The first-order valence-electron chi connectivity index (χ1n) is 4.66. The molecular formula is C10H17O2. The van der Waals surface area contributed by atoms with Gasteiger partial charge in [-0.25, -0.2) is 0 Å². The van der Waals surface area contributed by atoms with E-state index in [0.717, 1.165) is 13.0 Å². The SMILES string of the molecule is CCCCC1CC(C=C[CH]O)O1. The molecule has 0 aromatic carbocycles. The van der Waals surface area contributed by atoms with Crippen molar-refractivity contribution in [2.45, 2.75) is 44.8 Å². The zero-order valence-corrected chi connectivity index (χ0v) is 7.57. The average molecular weight is 169 g/mol. The second kappa shape index (κ2) is 5.33. The first kappa shape index (κ1) is 9.75. The molecular weight excluding hydrogens is 152 g/mol. The third kappa shape index (κ3) is 2.95. The molecule has 2 unspecified atom stereocenters. The monoisotopic (exact) mass is 169 g/mol. The minimum Gasteiger partial charge on any atom is -0.386 e. The Morgan fingerprint density at radius 1 is 1.58 bits per heavy atom. The van der Waals surface area contributed by atoms with E-state index in [1.807, 2.05) is 6.08 Å². The van der Waals surface area contributed by atoms with E-state index in [-0.39, 0.29) is 6.10 Å². The molecule has 0 amide bonds. The van der Waals surface area contributed by atoms with Crippen molar-refractivity contribution in [3.8, 4) is 0 Å². The molecule has 0 aromatic heterocycles. The highest BCUT2D eigenvalue weighted by atomic mass is 16.5. The summed E-state index contributed by atoms with van der Waals surface area (Å²) in [6.07, 6.45) is 9.03. The Bertz CT molecular complexity index is 137. The maximum atomic E-state index is 8.37. The molecule has 0 bridgehead atoms. The van der Waals surface area contributed by atoms with E-state index in [0.29, 0.717) is 6.10 Å². The maximum absolute atomic E-state index is 8.37. The van der Waals surface area contributed by atoms with E-state index in [4.69, 9.17) is 9.84 Å². The van der Waals surface area contributed by atoms with Crippen molar-refractivity contribution >= 4 is 0 Å². The van der Waals surface area contributed by atoms with Gasteiger partial charge in [0.05, 0.1) is 12.2 Å². The summed E-state index contributed by atoms with van der Waals surface area (Å²) in [5, 5.41) is 8.37. The molecule has 12 heavy (non-hydrogen) atoms. The fourth-order valence-electron chi connectivity index (χ4n) is 1.41. The molecule has 2 nitrogen and oxygen atoms in total. The number of aliphatic hydroxyl groups is 1. The summed E-state index contributed by atoms with van der Waals surface area (Å²) in [6.45, 7) is 3.24. The van der Waals surface area contributed by atoms with E-state index in [2.05, 4.69) is 6.92 Å². The van der Waals surface area contributed by atoms with Gasteiger partial charge in [0.15, 0.2) is 0 Å². The number of rotatable bonds is 5. The molecule has 69 valence electrons. The Balaban J connectivity index is 2.00. The van der Waals surface area contributed by atoms with E-state index < -0.39 is 0 Å². The third-order valence-corrected chi connectivity index (χ3v) is 2.15. The van der Waals surface area contributed by atoms with Crippen LogP contribution in [-0.4, -0.2) is 17.3 Å². The first-order chi connectivity index (χ1) is 5.86. The Kier molecular flexibility index (Phi) is 4.33. The normalized spacial score (nSPS) is 29.2. The van der Waals surface area contributed by atoms with Crippen molar-refractivity contribution in [3.63, 3.8) is 0 Å². The summed E-state index contributed by atoms with van der Waals surface area (Å²) < 4.78 is 5.53. The fourth-order valence-corrected chi connectivity index (χ4v) is 1.41. The molecule has 2 atom stereocenters. The molecule has 0 saturated carbocycles. The van der Waals surface area contributed by atoms with Gasteiger partial charge in [-0.1, -0.05) is 31.9 Å². The minimum absolute atomic E-state index is 0.246. The Labute approximate surface area is 74.2 Å². The summed E-state index contributed by atoms with van der Waals surface area (Å²) in [6, 6.07) is 0. The quantitative estimate of drug-likeness (QED) is 0.685. The molecule has 1 saturated heterocycles. The lowest BCUT2D eigenvalue weighted by atomic mass is 9.99. The van der Waals surface area contributed by atoms with Gasteiger partial charge in [0.2, 0.25) is 0 Å². The summed E-state index contributed by atoms with van der Waals surface area (Å²) >= 11 is 0. The molecule has 0 aromatic rings. The van der Waals surface area contributed by atoms with E-state index in [1.54, 1.807) is 6.08 Å². The highest BCUT2D eigenvalue weighted by Gasteiger charge is 2.26. The van der Waals surface area contributed by atoms with E-state index >= 15 is 0 Å². The number of aliphatic hydroxyl groups excluding tert-OH is 1. The predicted molar refractivity (Wildman–Crippen MR) is 48.2 cm³/mol. The second-order valence-electron chi connectivity index (χ2n) is 3.21. The minimum atomic E-state index is 0.246. The average Bonchev–Trinajstić information content (AvgIpc) is 2.01. The van der Waals surface area contributed by atoms with Crippen LogP contribution < -0.4 is 0 Å². The van der Waals surface area contributed by atoms with Gasteiger partial charge in [-0.05, 0) is 6.42 Å². The second-order valence-corrected chi connectivity index (χ2v) is 3.21. The summed E-state index contributed by atoms with van der Waals surface area (Å²) in [4.78, 5) is 0. The van der Waals surface area contributed by atoms with Crippen LogP contribution in [0.2, 0.25) is 0 Å². The van der Waals surface area contributed by atoms with Crippen molar-refractivity contribution in [3.05, 3.63) is 18.8 Å². The molecule has 1 heterocycles. The highest BCUT2D eigenvalue weighted by molar-refractivity contribution is 4.99. The van der Waals surface area contributed by atoms with Crippen molar-refractivity contribution in [2.24, 2.45) is 0 Å². The van der Waals surface area contributed by atoms with Gasteiger partial charge in [-0.2, -0.15) is 0 Å². The van der Waals surface area contributed by atoms with Gasteiger partial charge in [0.1, 0.15) is 6.61 Å². The van der Waals surface area contributed by atoms with Crippen LogP contribution in [0.25, 0.3) is 0 Å². The van der Waals surface area contributed by atoms with E-state index in [9.17, 15) is 0 Å². The predicted octanol–water partition coefficient (Wildman–Crippen LogP) is 2.42. The Morgan fingerprint density at radius 3 is 2.92 bits per heavy atom. The van der Waals surface area contributed by atoms with Crippen LogP contribution in [-0.2, 0) is 4.74 Å². The number of hydrogen-bond donors (Lipinski definition) is 1. The van der Waals surface area contributed by atoms with Crippen LogP contribution in [0.4, 0.5) is 0 Å². The standard InChI is InChI=1S/C10H17O2/c1-2-3-5-9-8-10(12-9)6-4-7-11/h4,6-7,9-11H,2-3,5,8H2,1H3. The summed E-state index contributed by atoms with van der Waals surface area (Å²) in [5.41, 5.74) is 0. The van der Waals surface area contributed by atoms with Gasteiger partial charge >= 0.3 is 0 Å². The largest absolute Gasteiger partial charge is 0.386 e. The number of unbranched alkanes of at least 4 members (excludes halogenated alkanes) is 1. The smallest absolute Gasteiger partial charge is 0.102 e. The molecule has 0 spiro atoms. The lowest BCUT2D eigenvalue weighted by Gasteiger charge is -2.34. The molecule has 1 radical (unpaired) electrons. The topological polar surface area (TPSA) is 29.5 Å². The third-order valence-electron chi connectivity index (χ3n) is 2.15. The molecule has 1 aliphatic rings. The van der Waals surface area contributed by atoms with Gasteiger partial charge in [-0.15, -0.1) is 0 Å². The molecule has 1 rings (SSSR count).